The number of amides is 1. The van der Waals surface area contributed by atoms with E-state index >= 15 is 0 Å². The van der Waals surface area contributed by atoms with Crippen LogP contribution >= 0.6 is 24.2 Å². The van der Waals surface area contributed by atoms with Crippen LogP contribution in [0.5, 0.6) is 0 Å². The Bertz CT molecular complexity index is 350. The molecule has 2 rings (SSSR count). The summed E-state index contributed by atoms with van der Waals surface area (Å²) in [5.74, 6) is 0.741. The number of thioether (sulfide) groups is 1. The van der Waals surface area contributed by atoms with E-state index in [1.54, 1.807) is 6.20 Å². The topological polar surface area (TPSA) is 38.1 Å². The van der Waals surface area contributed by atoms with Crippen LogP contribution in [-0.4, -0.2) is 39.2 Å². The third-order valence-electron chi connectivity index (χ3n) is 2.56. The number of nitrogens with zero attached hydrogens (tertiary/aromatic N) is 3. The molecule has 0 saturated carbocycles. The van der Waals surface area contributed by atoms with Crippen molar-refractivity contribution in [2.75, 3.05) is 18.8 Å². The monoisotopic (exact) mass is 261 g/mol. The highest BCUT2D eigenvalue weighted by Crippen LogP contribution is 2.16. The standard InChI is InChI=1S/C10H15N3OS.ClH/c1-12-7-4-11-10(12)15-8-9(14)13-5-2-3-6-13;/h4,7H,2-3,5-6,8H2,1H3;1H. The number of carbonyl (C=O) groups excluding carboxylic acids is 1. The highest BCUT2D eigenvalue weighted by molar-refractivity contribution is 7.99. The van der Waals surface area contributed by atoms with E-state index in [0.717, 1.165) is 31.1 Å². The largest absolute Gasteiger partial charge is 0.342 e. The van der Waals surface area contributed by atoms with Crippen molar-refractivity contribution in [2.24, 2.45) is 7.05 Å². The molecule has 1 aromatic heterocycles. The molecule has 0 spiro atoms. The highest BCUT2D eigenvalue weighted by Gasteiger charge is 2.18. The van der Waals surface area contributed by atoms with Crippen LogP contribution in [0, 0.1) is 0 Å². The van der Waals surface area contributed by atoms with Crippen molar-refractivity contribution < 1.29 is 4.79 Å². The molecule has 0 atom stereocenters. The minimum Gasteiger partial charge on any atom is -0.342 e. The maximum Gasteiger partial charge on any atom is 0.233 e. The third-order valence-corrected chi connectivity index (χ3v) is 3.60. The average Bonchev–Trinajstić information content (AvgIpc) is 2.85. The highest BCUT2D eigenvalue weighted by atomic mass is 35.5. The fourth-order valence-corrected chi connectivity index (χ4v) is 2.51. The van der Waals surface area contributed by atoms with Crippen molar-refractivity contribution in [2.45, 2.75) is 18.0 Å². The Morgan fingerprint density at radius 2 is 2.19 bits per heavy atom. The zero-order valence-corrected chi connectivity index (χ0v) is 10.9. The van der Waals surface area contributed by atoms with Gasteiger partial charge in [0.1, 0.15) is 0 Å². The van der Waals surface area contributed by atoms with Gasteiger partial charge in [0.05, 0.1) is 5.75 Å². The number of aryl methyl sites for hydroxylation is 1. The predicted octanol–water partition coefficient (Wildman–Crippen LogP) is 1.56. The smallest absolute Gasteiger partial charge is 0.233 e. The molecule has 0 unspecified atom stereocenters. The van der Waals surface area contributed by atoms with E-state index < -0.39 is 0 Å². The molecule has 1 aliphatic rings. The predicted molar refractivity (Wildman–Crippen MR) is 67.0 cm³/mol. The van der Waals surface area contributed by atoms with Crippen molar-refractivity contribution in [1.29, 1.82) is 0 Å². The summed E-state index contributed by atoms with van der Waals surface area (Å²) in [6.45, 7) is 1.86. The molecule has 0 radical (unpaired) electrons. The molecule has 0 aromatic carbocycles. The van der Waals surface area contributed by atoms with Gasteiger partial charge in [-0.1, -0.05) is 11.8 Å². The van der Waals surface area contributed by atoms with Crippen LogP contribution < -0.4 is 0 Å². The quantitative estimate of drug-likeness (QED) is 0.775. The molecule has 1 saturated heterocycles. The number of halogens is 1. The van der Waals surface area contributed by atoms with E-state index in [1.807, 2.05) is 22.7 Å². The number of rotatable bonds is 3. The van der Waals surface area contributed by atoms with E-state index in [9.17, 15) is 4.79 Å². The summed E-state index contributed by atoms with van der Waals surface area (Å²) in [7, 11) is 1.94. The van der Waals surface area contributed by atoms with E-state index in [4.69, 9.17) is 0 Å². The molecule has 6 heteroatoms. The second-order valence-corrected chi connectivity index (χ2v) is 4.64. The summed E-state index contributed by atoms with van der Waals surface area (Å²) in [5.41, 5.74) is 0. The first-order valence-corrected chi connectivity index (χ1v) is 6.14. The van der Waals surface area contributed by atoms with Crippen molar-refractivity contribution in [1.82, 2.24) is 14.5 Å². The summed E-state index contributed by atoms with van der Waals surface area (Å²) in [6, 6.07) is 0. The van der Waals surface area contributed by atoms with Gasteiger partial charge in [0, 0.05) is 32.5 Å². The lowest BCUT2D eigenvalue weighted by Gasteiger charge is -2.14. The van der Waals surface area contributed by atoms with Crippen LogP contribution in [0.3, 0.4) is 0 Å². The van der Waals surface area contributed by atoms with Crippen LogP contribution in [0.25, 0.3) is 0 Å². The Hall–Kier alpha value is -0.680. The molecule has 1 aromatic rings. The molecule has 2 heterocycles. The first-order valence-electron chi connectivity index (χ1n) is 5.15. The van der Waals surface area contributed by atoms with Crippen LogP contribution in [-0.2, 0) is 11.8 Å². The van der Waals surface area contributed by atoms with Gasteiger partial charge in [-0.05, 0) is 12.8 Å². The fourth-order valence-electron chi connectivity index (χ4n) is 1.68. The molecule has 1 aliphatic heterocycles. The Morgan fingerprint density at radius 3 is 2.75 bits per heavy atom. The zero-order chi connectivity index (χ0) is 10.7. The van der Waals surface area contributed by atoms with Crippen LogP contribution in [0.4, 0.5) is 0 Å². The number of likely N-dealkylation sites (tertiary alicyclic amines) is 1. The second-order valence-electron chi connectivity index (χ2n) is 3.70. The van der Waals surface area contributed by atoms with E-state index in [1.165, 1.54) is 11.8 Å². The molecule has 0 aliphatic carbocycles. The summed E-state index contributed by atoms with van der Waals surface area (Å²) < 4.78 is 1.93. The van der Waals surface area contributed by atoms with Crippen molar-refractivity contribution >= 4 is 30.1 Å². The van der Waals surface area contributed by atoms with Gasteiger partial charge in [-0.3, -0.25) is 4.79 Å². The Kier molecular flexibility index (Phi) is 5.15. The summed E-state index contributed by atoms with van der Waals surface area (Å²) in [6.07, 6.45) is 5.95. The van der Waals surface area contributed by atoms with E-state index in [0.29, 0.717) is 5.75 Å². The number of imidazole rings is 1. The minimum atomic E-state index is 0. The normalized spacial score (nSPS) is 14.9. The number of hydrogen-bond acceptors (Lipinski definition) is 3. The number of aromatic nitrogens is 2. The van der Waals surface area contributed by atoms with Gasteiger partial charge in [0.2, 0.25) is 5.91 Å². The first-order chi connectivity index (χ1) is 7.27. The lowest BCUT2D eigenvalue weighted by molar-refractivity contribution is -0.127. The van der Waals surface area contributed by atoms with Gasteiger partial charge >= 0.3 is 0 Å². The summed E-state index contributed by atoms with van der Waals surface area (Å²) in [5, 5.41) is 0.905. The van der Waals surface area contributed by atoms with Gasteiger partial charge in [-0.2, -0.15) is 0 Å². The first kappa shape index (κ1) is 13.4. The third kappa shape index (κ3) is 3.15. The SMILES string of the molecule is Cl.Cn1ccnc1SCC(=O)N1CCCC1. The molecule has 4 nitrogen and oxygen atoms in total. The zero-order valence-electron chi connectivity index (χ0n) is 9.26. The van der Waals surface area contributed by atoms with Crippen LogP contribution in [0.15, 0.2) is 17.6 Å². The second kappa shape index (κ2) is 6.15. The Labute approximate surface area is 106 Å². The van der Waals surface area contributed by atoms with Gasteiger partial charge in [-0.25, -0.2) is 4.98 Å². The van der Waals surface area contributed by atoms with Gasteiger partial charge in [0.15, 0.2) is 5.16 Å². The fraction of sp³-hybridized carbons (Fsp3) is 0.600. The van der Waals surface area contributed by atoms with Crippen LogP contribution in [0.1, 0.15) is 12.8 Å². The van der Waals surface area contributed by atoms with Crippen LogP contribution in [0.2, 0.25) is 0 Å². The lowest BCUT2D eigenvalue weighted by Crippen LogP contribution is -2.29. The maximum atomic E-state index is 11.7. The van der Waals surface area contributed by atoms with Gasteiger partial charge < -0.3 is 9.47 Å². The molecule has 90 valence electrons. The number of carbonyl (C=O) groups is 1. The molecule has 16 heavy (non-hydrogen) atoms. The Morgan fingerprint density at radius 1 is 1.50 bits per heavy atom. The van der Waals surface area contributed by atoms with Crippen molar-refractivity contribution in [3.05, 3.63) is 12.4 Å². The molecule has 0 N–H and O–H groups in total. The molecular formula is C10H16ClN3OS. The minimum absolute atomic E-state index is 0. The maximum absolute atomic E-state index is 11.7. The van der Waals surface area contributed by atoms with Crippen molar-refractivity contribution in [3.63, 3.8) is 0 Å². The van der Waals surface area contributed by atoms with Crippen molar-refractivity contribution in [3.8, 4) is 0 Å². The number of hydrogen-bond donors (Lipinski definition) is 0. The molecule has 1 fully saturated rings. The summed E-state index contributed by atoms with van der Waals surface area (Å²) >= 11 is 1.51. The van der Waals surface area contributed by atoms with Gasteiger partial charge in [-0.15, -0.1) is 12.4 Å². The average molecular weight is 262 g/mol. The summed E-state index contributed by atoms with van der Waals surface area (Å²) in [4.78, 5) is 17.8. The molecule has 0 bridgehead atoms. The van der Waals surface area contributed by atoms with E-state index in [2.05, 4.69) is 4.98 Å². The van der Waals surface area contributed by atoms with Gasteiger partial charge in [0.25, 0.3) is 0 Å². The lowest BCUT2D eigenvalue weighted by atomic mass is 10.4. The Balaban J connectivity index is 0.00000128. The molecular weight excluding hydrogens is 246 g/mol. The van der Waals surface area contributed by atoms with E-state index in [-0.39, 0.29) is 18.3 Å². The molecule has 1 amide bonds.